The lowest BCUT2D eigenvalue weighted by atomic mass is 10.1. The molecular formula is C15H16O4S2. The number of sulfone groups is 2. The van der Waals surface area contributed by atoms with Crippen LogP contribution >= 0.6 is 0 Å². The fourth-order valence-corrected chi connectivity index (χ4v) is 3.21. The zero-order chi connectivity index (χ0) is 15.7. The van der Waals surface area contributed by atoms with Crippen molar-refractivity contribution < 1.29 is 16.8 Å². The van der Waals surface area contributed by atoms with E-state index in [9.17, 15) is 16.8 Å². The van der Waals surface area contributed by atoms with Crippen LogP contribution in [0.15, 0.2) is 58.3 Å². The first kappa shape index (κ1) is 15.7. The lowest BCUT2D eigenvalue weighted by Gasteiger charge is -2.05. The molecule has 0 unspecified atom stereocenters. The van der Waals surface area contributed by atoms with Crippen LogP contribution < -0.4 is 0 Å². The molecule has 112 valence electrons. The molecule has 0 aliphatic heterocycles. The third kappa shape index (κ3) is 4.15. The summed E-state index contributed by atoms with van der Waals surface area (Å²) in [4.78, 5) is 0.581. The van der Waals surface area contributed by atoms with Gasteiger partial charge < -0.3 is 0 Å². The van der Waals surface area contributed by atoms with E-state index in [2.05, 4.69) is 0 Å². The van der Waals surface area contributed by atoms with Gasteiger partial charge in [-0.2, -0.15) is 0 Å². The zero-order valence-electron chi connectivity index (χ0n) is 11.8. The van der Waals surface area contributed by atoms with Crippen molar-refractivity contribution in [1.82, 2.24) is 0 Å². The predicted molar refractivity (Wildman–Crippen MR) is 81.9 cm³/mol. The van der Waals surface area contributed by atoms with Gasteiger partial charge in [-0.15, -0.1) is 0 Å². The smallest absolute Gasteiger partial charge is 0.175 e. The molecule has 0 radical (unpaired) electrons. The first-order valence-electron chi connectivity index (χ1n) is 6.24. The Kier molecular flexibility index (Phi) is 4.20. The summed E-state index contributed by atoms with van der Waals surface area (Å²) in [6.07, 6.45) is 2.96. The highest BCUT2D eigenvalue weighted by molar-refractivity contribution is 7.91. The van der Waals surface area contributed by atoms with Crippen LogP contribution in [-0.4, -0.2) is 29.3 Å². The molecule has 0 fully saturated rings. The van der Waals surface area contributed by atoms with Crippen molar-refractivity contribution in [2.45, 2.75) is 16.2 Å². The number of hydrogen-bond acceptors (Lipinski definition) is 4. The first-order chi connectivity index (χ1) is 9.66. The van der Waals surface area contributed by atoms with Gasteiger partial charge in [-0.05, 0) is 41.8 Å². The van der Waals surface area contributed by atoms with Crippen LogP contribution in [-0.2, 0) is 26.1 Å². The average Bonchev–Trinajstić information content (AvgIpc) is 2.38. The zero-order valence-corrected chi connectivity index (χ0v) is 13.4. The molecule has 2 rings (SSSR count). The van der Waals surface area contributed by atoms with Gasteiger partial charge in [0, 0.05) is 12.5 Å². The van der Waals surface area contributed by atoms with Gasteiger partial charge in [0.05, 0.1) is 9.79 Å². The van der Waals surface area contributed by atoms with E-state index < -0.39 is 19.7 Å². The molecule has 0 aliphatic carbocycles. The van der Waals surface area contributed by atoms with Gasteiger partial charge in [0.2, 0.25) is 0 Å². The molecule has 0 heterocycles. The van der Waals surface area contributed by atoms with Gasteiger partial charge in [0.25, 0.3) is 0 Å². The van der Waals surface area contributed by atoms with Crippen LogP contribution in [0.3, 0.4) is 0 Å². The molecule has 0 atom stereocenters. The van der Waals surface area contributed by atoms with Crippen LogP contribution in [0.2, 0.25) is 0 Å². The Balaban J connectivity index is 2.19. The molecular weight excluding hydrogens is 308 g/mol. The topological polar surface area (TPSA) is 68.3 Å². The highest BCUT2D eigenvalue weighted by atomic mass is 32.2. The molecule has 0 N–H and O–H groups in total. The highest BCUT2D eigenvalue weighted by Crippen LogP contribution is 2.16. The van der Waals surface area contributed by atoms with E-state index in [1.807, 2.05) is 0 Å². The summed E-state index contributed by atoms with van der Waals surface area (Å²) in [6.45, 7) is 0. The molecule has 21 heavy (non-hydrogen) atoms. The molecule has 6 heteroatoms. The first-order valence-corrected chi connectivity index (χ1v) is 10.0. The van der Waals surface area contributed by atoms with Crippen molar-refractivity contribution in [2.75, 3.05) is 12.5 Å². The van der Waals surface area contributed by atoms with Crippen LogP contribution in [0.1, 0.15) is 11.1 Å². The molecule has 0 amide bonds. The summed E-state index contributed by atoms with van der Waals surface area (Å²) >= 11 is 0. The van der Waals surface area contributed by atoms with Gasteiger partial charge in [-0.3, -0.25) is 0 Å². The molecule has 0 bridgehead atoms. The fraction of sp³-hybridized carbons (Fsp3) is 0.200. The molecule has 0 saturated heterocycles. The molecule has 2 aromatic rings. The minimum absolute atomic E-state index is 0.290. The Morgan fingerprint density at radius 1 is 0.619 bits per heavy atom. The minimum atomic E-state index is -3.18. The van der Waals surface area contributed by atoms with E-state index in [1.165, 1.54) is 12.5 Å². The molecule has 2 aromatic carbocycles. The molecule has 0 aromatic heterocycles. The number of hydrogen-bond donors (Lipinski definition) is 0. The Morgan fingerprint density at radius 2 is 0.905 bits per heavy atom. The summed E-state index contributed by atoms with van der Waals surface area (Å²) < 4.78 is 45.5. The van der Waals surface area contributed by atoms with Gasteiger partial charge in [-0.1, -0.05) is 24.3 Å². The van der Waals surface area contributed by atoms with Crippen LogP contribution in [0, 0.1) is 0 Å². The lowest BCUT2D eigenvalue weighted by Crippen LogP contribution is -1.98. The quantitative estimate of drug-likeness (QED) is 0.863. The van der Waals surface area contributed by atoms with E-state index in [4.69, 9.17) is 0 Å². The second-order valence-corrected chi connectivity index (χ2v) is 9.04. The Hall–Kier alpha value is -1.66. The maximum Gasteiger partial charge on any atom is 0.175 e. The summed E-state index contributed by atoms with van der Waals surface area (Å²) in [5.74, 6) is 0. The fourth-order valence-electron chi connectivity index (χ4n) is 1.94. The summed E-state index contributed by atoms with van der Waals surface area (Å²) in [5.41, 5.74) is 1.93. The summed E-state index contributed by atoms with van der Waals surface area (Å²) in [6, 6.07) is 13.4. The summed E-state index contributed by atoms with van der Waals surface area (Å²) in [7, 11) is -6.36. The molecule has 4 nitrogen and oxygen atoms in total. The maximum absolute atomic E-state index is 11.4. The van der Waals surface area contributed by atoms with Gasteiger partial charge in [0.1, 0.15) is 0 Å². The average molecular weight is 324 g/mol. The van der Waals surface area contributed by atoms with Gasteiger partial charge in [0.15, 0.2) is 19.7 Å². The predicted octanol–water partition coefficient (Wildman–Crippen LogP) is 2.08. The Bertz CT molecular complexity index is 758. The Morgan fingerprint density at radius 3 is 1.14 bits per heavy atom. The SMILES string of the molecule is CS(=O)(=O)c1ccc(Cc2ccc(S(C)(=O)=O)cc2)cc1. The number of benzene rings is 2. The second-order valence-electron chi connectivity index (χ2n) is 5.01. The van der Waals surface area contributed by atoms with Crippen LogP contribution in [0.25, 0.3) is 0 Å². The van der Waals surface area contributed by atoms with Crippen molar-refractivity contribution in [1.29, 1.82) is 0 Å². The van der Waals surface area contributed by atoms with Crippen molar-refractivity contribution >= 4 is 19.7 Å². The van der Waals surface area contributed by atoms with Crippen molar-refractivity contribution in [3.8, 4) is 0 Å². The summed E-state index contributed by atoms with van der Waals surface area (Å²) in [5, 5.41) is 0. The standard InChI is InChI=1S/C15H16O4S2/c1-20(16,17)14-7-3-12(4-8-14)11-13-5-9-15(10-6-13)21(2,18)19/h3-10H,11H2,1-2H3. The largest absolute Gasteiger partial charge is 0.224 e. The van der Waals surface area contributed by atoms with Crippen molar-refractivity contribution in [3.63, 3.8) is 0 Å². The minimum Gasteiger partial charge on any atom is -0.224 e. The van der Waals surface area contributed by atoms with E-state index in [-0.39, 0.29) is 0 Å². The molecule has 0 spiro atoms. The monoisotopic (exact) mass is 324 g/mol. The molecule has 0 saturated carbocycles. The van der Waals surface area contributed by atoms with E-state index in [0.717, 1.165) is 11.1 Å². The molecule has 0 aliphatic rings. The van der Waals surface area contributed by atoms with Crippen molar-refractivity contribution in [2.24, 2.45) is 0 Å². The second kappa shape index (κ2) is 5.61. The lowest BCUT2D eigenvalue weighted by molar-refractivity contribution is 0.600. The van der Waals surface area contributed by atoms with Crippen molar-refractivity contribution in [3.05, 3.63) is 59.7 Å². The normalized spacial score (nSPS) is 12.3. The third-order valence-corrected chi connectivity index (χ3v) is 5.37. The number of rotatable bonds is 4. The van der Waals surface area contributed by atoms with Gasteiger partial charge >= 0.3 is 0 Å². The van der Waals surface area contributed by atoms with Crippen LogP contribution in [0.4, 0.5) is 0 Å². The third-order valence-electron chi connectivity index (χ3n) is 3.11. The Labute approximate surface area is 125 Å². The van der Waals surface area contributed by atoms with Gasteiger partial charge in [-0.25, -0.2) is 16.8 Å². The van der Waals surface area contributed by atoms with Crippen LogP contribution in [0.5, 0.6) is 0 Å². The van der Waals surface area contributed by atoms with E-state index in [0.29, 0.717) is 16.2 Å². The van der Waals surface area contributed by atoms with E-state index in [1.54, 1.807) is 48.5 Å². The maximum atomic E-state index is 11.4. The van der Waals surface area contributed by atoms with E-state index >= 15 is 0 Å². The highest BCUT2D eigenvalue weighted by Gasteiger charge is 2.08.